The lowest BCUT2D eigenvalue weighted by atomic mass is 9.95. The summed E-state index contributed by atoms with van der Waals surface area (Å²) in [7, 11) is 1.36. The molecule has 1 aliphatic heterocycles. The maximum Gasteiger partial charge on any atom is 0.328 e. The SMILES string of the molecule is CC[C@@H](C)C(CN1CSC(C)(C)[C@H]1C(=O)N[C@@H](CCSC)C(=O)OC)NC[C@@H](N)CN. The highest BCUT2D eigenvalue weighted by Gasteiger charge is 2.47. The third-order valence-electron chi connectivity index (χ3n) is 5.99. The van der Waals surface area contributed by atoms with E-state index in [2.05, 4.69) is 43.2 Å². The van der Waals surface area contributed by atoms with E-state index in [-0.39, 0.29) is 28.8 Å². The predicted molar refractivity (Wildman–Crippen MR) is 132 cm³/mol. The first kappa shape index (κ1) is 28.5. The summed E-state index contributed by atoms with van der Waals surface area (Å²) < 4.78 is 4.65. The first-order chi connectivity index (χ1) is 14.6. The number of hydrogen-bond donors (Lipinski definition) is 4. The Morgan fingerprint density at radius 3 is 2.61 bits per heavy atom. The molecule has 1 aliphatic rings. The molecule has 0 aliphatic carbocycles. The Hall–Kier alpha value is -0.520. The number of nitrogens with one attached hydrogen (secondary N) is 2. The molecule has 0 spiro atoms. The fraction of sp³-hybridized carbons (Fsp3) is 0.905. The fourth-order valence-corrected chi connectivity index (χ4v) is 5.37. The summed E-state index contributed by atoms with van der Waals surface area (Å²) in [6.45, 7) is 10.4. The van der Waals surface area contributed by atoms with Gasteiger partial charge in [0.25, 0.3) is 0 Å². The Bertz CT molecular complexity index is 567. The molecule has 1 amide bonds. The van der Waals surface area contributed by atoms with Crippen molar-refractivity contribution in [3.63, 3.8) is 0 Å². The third kappa shape index (κ3) is 8.74. The molecule has 1 saturated heterocycles. The maximum atomic E-state index is 13.4. The zero-order valence-corrected chi connectivity index (χ0v) is 21.6. The smallest absolute Gasteiger partial charge is 0.328 e. The number of carbonyl (C=O) groups is 2. The van der Waals surface area contributed by atoms with Gasteiger partial charge in [0.2, 0.25) is 5.91 Å². The second-order valence-corrected chi connectivity index (χ2v) is 11.4. The maximum absolute atomic E-state index is 13.4. The minimum atomic E-state index is -0.626. The summed E-state index contributed by atoms with van der Waals surface area (Å²) in [5, 5.41) is 6.53. The Morgan fingerprint density at radius 1 is 1.39 bits per heavy atom. The summed E-state index contributed by atoms with van der Waals surface area (Å²) in [4.78, 5) is 27.8. The molecule has 1 heterocycles. The van der Waals surface area contributed by atoms with Gasteiger partial charge in [-0.1, -0.05) is 20.3 Å². The van der Waals surface area contributed by atoms with Crippen LogP contribution in [-0.4, -0.2) is 90.3 Å². The van der Waals surface area contributed by atoms with E-state index in [1.165, 1.54) is 7.11 Å². The minimum absolute atomic E-state index is 0.0905. The van der Waals surface area contributed by atoms with E-state index < -0.39 is 12.0 Å². The number of carbonyl (C=O) groups excluding carboxylic acids is 2. The molecule has 0 bridgehead atoms. The number of methoxy groups -OCH3 is 1. The van der Waals surface area contributed by atoms with Gasteiger partial charge in [-0.3, -0.25) is 9.69 Å². The molecule has 1 fully saturated rings. The molecular weight excluding hydrogens is 434 g/mol. The zero-order chi connectivity index (χ0) is 23.6. The average Bonchev–Trinajstić information content (AvgIpc) is 3.05. The highest BCUT2D eigenvalue weighted by atomic mass is 32.2. The molecule has 6 N–H and O–H groups in total. The monoisotopic (exact) mass is 477 g/mol. The number of nitrogens with two attached hydrogens (primary N) is 2. The molecule has 0 saturated carbocycles. The molecule has 0 aromatic carbocycles. The second-order valence-electron chi connectivity index (χ2n) is 8.81. The Morgan fingerprint density at radius 2 is 2.06 bits per heavy atom. The zero-order valence-electron chi connectivity index (χ0n) is 20.0. The van der Waals surface area contributed by atoms with Crippen molar-refractivity contribution >= 4 is 35.4 Å². The quantitative estimate of drug-likeness (QED) is 0.270. The van der Waals surface area contributed by atoms with Crippen LogP contribution in [0, 0.1) is 5.92 Å². The molecule has 8 nitrogen and oxygen atoms in total. The van der Waals surface area contributed by atoms with E-state index >= 15 is 0 Å². The third-order valence-corrected chi connectivity index (χ3v) is 8.07. The lowest BCUT2D eigenvalue weighted by Crippen LogP contribution is -2.58. The average molecular weight is 478 g/mol. The molecule has 0 aromatic heterocycles. The van der Waals surface area contributed by atoms with E-state index in [0.29, 0.717) is 25.4 Å². The van der Waals surface area contributed by atoms with Crippen molar-refractivity contribution in [1.29, 1.82) is 0 Å². The van der Waals surface area contributed by atoms with Crippen molar-refractivity contribution in [3.8, 4) is 0 Å². The normalized spacial score (nSPS) is 22.5. The van der Waals surface area contributed by atoms with E-state index in [0.717, 1.165) is 24.6 Å². The molecular formula is C21H43N5O3S2. The van der Waals surface area contributed by atoms with Crippen LogP contribution in [0.2, 0.25) is 0 Å². The summed E-state index contributed by atoms with van der Waals surface area (Å²) in [6.07, 6.45) is 3.55. The van der Waals surface area contributed by atoms with Gasteiger partial charge >= 0.3 is 5.97 Å². The van der Waals surface area contributed by atoms with Gasteiger partial charge < -0.3 is 26.8 Å². The van der Waals surface area contributed by atoms with Gasteiger partial charge in [0.05, 0.1) is 7.11 Å². The number of thioether (sulfide) groups is 2. The number of hydrogen-bond acceptors (Lipinski definition) is 9. The van der Waals surface area contributed by atoms with Crippen LogP contribution < -0.4 is 22.1 Å². The van der Waals surface area contributed by atoms with Gasteiger partial charge in [-0.05, 0) is 38.2 Å². The first-order valence-electron chi connectivity index (χ1n) is 11.0. The Balaban J connectivity index is 2.95. The number of ether oxygens (including phenoxy) is 1. The van der Waals surface area contributed by atoms with Crippen molar-refractivity contribution in [2.24, 2.45) is 17.4 Å². The number of amides is 1. The topological polar surface area (TPSA) is 123 Å². The Labute approximate surface area is 196 Å². The molecule has 5 atom stereocenters. The molecule has 1 unspecified atom stereocenters. The van der Waals surface area contributed by atoms with Gasteiger partial charge in [0, 0.05) is 42.3 Å². The van der Waals surface area contributed by atoms with Crippen molar-refractivity contribution in [1.82, 2.24) is 15.5 Å². The standard InChI is InChI=1S/C21H43N5O3S2/c1-7-14(2)17(24-11-15(23)10-22)12-26-13-31-21(3,4)18(26)19(27)25-16(8-9-30-6)20(28)29-5/h14-18,24H,7-13,22-23H2,1-6H3,(H,25,27)/t14-,15+,16+,17?,18-/m1/s1. The Kier molecular flexibility index (Phi) is 12.8. The molecule has 182 valence electrons. The molecule has 1 rings (SSSR count). The highest BCUT2D eigenvalue weighted by Crippen LogP contribution is 2.39. The lowest BCUT2D eigenvalue weighted by molar-refractivity contribution is -0.145. The highest BCUT2D eigenvalue weighted by molar-refractivity contribution is 8.00. The van der Waals surface area contributed by atoms with E-state index in [1.54, 1.807) is 23.5 Å². The van der Waals surface area contributed by atoms with Crippen LogP contribution in [0.1, 0.15) is 40.5 Å². The number of rotatable bonds is 14. The van der Waals surface area contributed by atoms with Crippen LogP contribution in [-0.2, 0) is 14.3 Å². The van der Waals surface area contributed by atoms with Crippen molar-refractivity contribution in [3.05, 3.63) is 0 Å². The summed E-state index contributed by atoms with van der Waals surface area (Å²) in [6, 6.07) is -0.859. The second kappa shape index (κ2) is 13.9. The van der Waals surface area contributed by atoms with Crippen LogP contribution in [0.5, 0.6) is 0 Å². The fourth-order valence-electron chi connectivity index (χ4n) is 3.73. The summed E-state index contributed by atoms with van der Waals surface area (Å²) in [5.41, 5.74) is 11.7. The van der Waals surface area contributed by atoms with E-state index in [1.807, 2.05) is 6.26 Å². The van der Waals surface area contributed by atoms with Crippen LogP contribution in [0.25, 0.3) is 0 Å². The molecule has 0 radical (unpaired) electrons. The lowest BCUT2D eigenvalue weighted by Gasteiger charge is -2.35. The van der Waals surface area contributed by atoms with Gasteiger partial charge in [-0.25, -0.2) is 4.79 Å². The molecule has 10 heteroatoms. The van der Waals surface area contributed by atoms with E-state index in [4.69, 9.17) is 16.2 Å². The van der Waals surface area contributed by atoms with Crippen molar-refractivity contribution in [2.75, 3.05) is 44.6 Å². The number of esters is 1. The largest absolute Gasteiger partial charge is 0.467 e. The van der Waals surface area contributed by atoms with Crippen molar-refractivity contribution < 1.29 is 14.3 Å². The number of nitrogens with zero attached hydrogens (tertiary/aromatic N) is 1. The molecule has 31 heavy (non-hydrogen) atoms. The van der Waals surface area contributed by atoms with Crippen LogP contribution in [0.3, 0.4) is 0 Å². The van der Waals surface area contributed by atoms with Gasteiger partial charge in [-0.15, -0.1) is 11.8 Å². The van der Waals surface area contributed by atoms with Crippen molar-refractivity contribution in [2.45, 2.75) is 69.5 Å². The minimum Gasteiger partial charge on any atom is -0.467 e. The van der Waals surface area contributed by atoms with Gasteiger partial charge in [0.1, 0.15) is 12.1 Å². The van der Waals surface area contributed by atoms with Gasteiger partial charge in [-0.2, -0.15) is 11.8 Å². The van der Waals surface area contributed by atoms with Crippen LogP contribution in [0.4, 0.5) is 0 Å². The summed E-state index contributed by atoms with van der Waals surface area (Å²) >= 11 is 3.41. The van der Waals surface area contributed by atoms with Gasteiger partial charge in [0.15, 0.2) is 0 Å². The summed E-state index contributed by atoms with van der Waals surface area (Å²) in [5.74, 6) is 1.44. The first-order valence-corrected chi connectivity index (χ1v) is 13.4. The van der Waals surface area contributed by atoms with E-state index in [9.17, 15) is 9.59 Å². The van der Waals surface area contributed by atoms with Crippen LogP contribution in [0.15, 0.2) is 0 Å². The molecule has 0 aromatic rings. The van der Waals surface area contributed by atoms with Crippen LogP contribution >= 0.6 is 23.5 Å². The predicted octanol–water partition coefficient (Wildman–Crippen LogP) is 0.841.